The molecule has 1 aliphatic rings. The van der Waals surface area contributed by atoms with Crippen molar-refractivity contribution in [2.45, 2.75) is 38.5 Å². The zero-order valence-electron chi connectivity index (χ0n) is 14.3. The van der Waals surface area contributed by atoms with Crippen LogP contribution in [0.4, 0.5) is 0 Å². The molecule has 3 nitrogen and oxygen atoms in total. The summed E-state index contributed by atoms with van der Waals surface area (Å²) in [6.07, 6.45) is 4.80. The summed E-state index contributed by atoms with van der Waals surface area (Å²) in [5, 5.41) is 2.95. The maximum Gasteiger partial charge on any atom is 0.257 e. The van der Waals surface area contributed by atoms with Gasteiger partial charge in [0.05, 0.1) is 0 Å². The first-order valence-corrected chi connectivity index (χ1v) is 8.78. The minimum absolute atomic E-state index is 0.0697. The van der Waals surface area contributed by atoms with Crippen LogP contribution >= 0.6 is 0 Å². The molecule has 0 unspecified atom stereocenters. The third kappa shape index (κ3) is 4.38. The number of carbonyl (C=O) groups excluding carboxylic acids is 1. The van der Waals surface area contributed by atoms with E-state index in [-0.39, 0.29) is 12.5 Å². The Morgan fingerprint density at radius 1 is 1.08 bits per heavy atom. The van der Waals surface area contributed by atoms with Gasteiger partial charge in [0.15, 0.2) is 6.61 Å². The van der Waals surface area contributed by atoms with Crippen molar-refractivity contribution in [3.63, 3.8) is 0 Å². The zero-order chi connectivity index (χ0) is 16.8. The van der Waals surface area contributed by atoms with E-state index in [9.17, 15) is 4.79 Å². The molecular formula is C21H25NO2. The van der Waals surface area contributed by atoms with Gasteiger partial charge >= 0.3 is 0 Å². The molecule has 3 heteroatoms. The van der Waals surface area contributed by atoms with E-state index in [1.807, 2.05) is 24.3 Å². The highest BCUT2D eigenvalue weighted by Gasteiger charge is 2.11. The lowest BCUT2D eigenvalue weighted by Gasteiger charge is -2.17. The van der Waals surface area contributed by atoms with E-state index in [1.165, 1.54) is 29.5 Å². The second-order valence-corrected chi connectivity index (χ2v) is 6.54. The van der Waals surface area contributed by atoms with Crippen LogP contribution in [-0.4, -0.2) is 19.1 Å². The minimum Gasteiger partial charge on any atom is -0.484 e. The van der Waals surface area contributed by atoms with Gasteiger partial charge in [-0.05, 0) is 60.4 Å². The van der Waals surface area contributed by atoms with E-state index in [1.54, 1.807) is 0 Å². The molecule has 3 rings (SSSR count). The molecule has 24 heavy (non-hydrogen) atoms. The van der Waals surface area contributed by atoms with Crippen molar-refractivity contribution in [1.29, 1.82) is 0 Å². The molecule has 0 heterocycles. The van der Waals surface area contributed by atoms with Gasteiger partial charge in [-0.1, -0.05) is 43.3 Å². The molecule has 0 fully saturated rings. The van der Waals surface area contributed by atoms with Gasteiger partial charge in [0.2, 0.25) is 0 Å². The molecule has 2 aromatic carbocycles. The minimum atomic E-state index is -0.0736. The molecule has 0 bridgehead atoms. The summed E-state index contributed by atoms with van der Waals surface area (Å²) in [7, 11) is 0. The van der Waals surface area contributed by atoms with E-state index in [2.05, 4.69) is 36.5 Å². The van der Waals surface area contributed by atoms with Crippen LogP contribution in [0.1, 0.15) is 42.4 Å². The van der Waals surface area contributed by atoms with Gasteiger partial charge in [0, 0.05) is 6.54 Å². The summed E-state index contributed by atoms with van der Waals surface area (Å²) in [5.74, 6) is 1.01. The fraction of sp³-hybridized carbons (Fsp3) is 0.381. The lowest BCUT2D eigenvalue weighted by atomic mass is 9.92. The number of amides is 1. The lowest BCUT2D eigenvalue weighted by molar-refractivity contribution is -0.123. The van der Waals surface area contributed by atoms with E-state index in [0.717, 1.165) is 18.6 Å². The fourth-order valence-electron chi connectivity index (χ4n) is 3.17. The zero-order valence-corrected chi connectivity index (χ0v) is 14.3. The molecule has 0 saturated carbocycles. The summed E-state index contributed by atoms with van der Waals surface area (Å²) in [5.41, 5.74) is 4.03. The van der Waals surface area contributed by atoms with Crippen molar-refractivity contribution >= 4 is 5.91 Å². The Bertz CT molecular complexity index is 681. The molecule has 1 atom stereocenters. The van der Waals surface area contributed by atoms with E-state index in [0.29, 0.717) is 12.5 Å². The molecule has 0 aliphatic heterocycles. The average Bonchev–Trinajstić information content (AvgIpc) is 2.65. The Morgan fingerprint density at radius 2 is 1.83 bits per heavy atom. The fourth-order valence-corrected chi connectivity index (χ4v) is 3.17. The summed E-state index contributed by atoms with van der Waals surface area (Å²) in [6, 6.07) is 16.4. The highest BCUT2D eigenvalue weighted by Crippen LogP contribution is 2.25. The second-order valence-electron chi connectivity index (χ2n) is 6.54. The van der Waals surface area contributed by atoms with Crippen molar-refractivity contribution in [1.82, 2.24) is 5.32 Å². The maximum atomic E-state index is 12.0. The summed E-state index contributed by atoms with van der Waals surface area (Å²) < 4.78 is 5.66. The van der Waals surface area contributed by atoms with Crippen LogP contribution in [0.3, 0.4) is 0 Å². The molecule has 1 amide bonds. The Kier molecular flexibility index (Phi) is 5.52. The SMILES string of the molecule is C[C@@H](CNC(=O)COc1ccc2c(c1)CCCC2)c1ccccc1. The predicted octanol–water partition coefficient (Wildman–Crippen LogP) is 3.86. The van der Waals surface area contributed by atoms with Crippen molar-refractivity contribution in [3.05, 3.63) is 65.2 Å². The molecule has 0 aromatic heterocycles. The predicted molar refractivity (Wildman–Crippen MR) is 96.4 cm³/mol. The Labute approximate surface area is 144 Å². The summed E-state index contributed by atoms with van der Waals surface area (Å²) >= 11 is 0. The number of hydrogen-bond acceptors (Lipinski definition) is 2. The van der Waals surface area contributed by atoms with Gasteiger partial charge in [-0.3, -0.25) is 4.79 Å². The normalized spacial score (nSPS) is 14.5. The van der Waals surface area contributed by atoms with Gasteiger partial charge in [-0.15, -0.1) is 0 Å². The maximum absolute atomic E-state index is 12.0. The first-order chi connectivity index (χ1) is 11.7. The Balaban J connectivity index is 1.46. The van der Waals surface area contributed by atoms with Gasteiger partial charge in [0.1, 0.15) is 5.75 Å². The highest BCUT2D eigenvalue weighted by atomic mass is 16.5. The number of rotatable bonds is 6. The quantitative estimate of drug-likeness (QED) is 0.876. The monoisotopic (exact) mass is 323 g/mol. The molecule has 0 radical (unpaired) electrons. The lowest BCUT2D eigenvalue weighted by Crippen LogP contribution is -2.31. The Hall–Kier alpha value is -2.29. The van der Waals surface area contributed by atoms with Crippen LogP contribution in [-0.2, 0) is 17.6 Å². The van der Waals surface area contributed by atoms with Crippen LogP contribution in [0, 0.1) is 0 Å². The van der Waals surface area contributed by atoms with E-state index < -0.39 is 0 Å². The topological polar surface area (TPSA) is 38.3 Å². The number of carbonyl (C=O) groups is 1. The summed E-state index contributed by atoms with van der Waals surface area (Å²) in [4.78, 5) is 12.0. The van der Waals surface area contributed by atoms with E-state index >= 15 is 0 Å². The third-order valence-electron chi connectivity index (χ3n) is 4.66. The Morgan fingerprint density at radius 3 is 2.62 bits per heavy atom. The molecule has 0 saturated heterocycles. The van der Waals surface area contributed by atoms with Crippen LogP contribution < -0.4 is 10.1 Å². The molecule has 1 N–H and O–H groups in total. The average molecular weight is 323 g/mol. The third-order valence-corrected chi connectivity index (χ3v) is 4.66. The van der Waals surface area contributed by atoms with Crippen molar-refractivity contribution in [2.24, 2.45) is 0 Å². The molecular weight excluding hydrogens is 298 g/mol. The molecule has 2 aromatic rings. The number of benzene rings is 2. The number of nitrogens with one attached hydrogen (secondary N) is 1. The van der Waals surface area contributed by atoms with Crippen molar-refractivity contribution in [2.75, 3.05) is 13.2 Å². The molecule has 0 spiro atoms. The molecule has 126 valence electrons. The number of fused-ring (bicyclic) bond motifs is 1. The van der Waals surface area contributed by atoms with E-state index in [4.69, 9.17) is 4.74 Å². The van der Waals surface area contributed by atoms with Crippen LogP contribution in [0.25, 0.3) is 0 Å². The van der Waals surface area contributed by atoms with Gasteiger partial charge in [-0.2, -0.15) is 0 Å². The van der Waals surface area contributed by atoms with Gasteiger partial charge in [-0.25, -0.2) is 0 Å². The smallest absolute Gasteiger partial charge is 0.257 e. The van der Waals surface area contributed by atoms with Gasteiger partial charge in [0.25, 0.3) is 5.91 Å². The number of aryl methyl sites for hydroxylation is 2. The summed E-state index contributed by atoms with van der Waals surface area (Å²) in [6.45, 7) is 2.80. The van der Waals surface area contributed by atoms with Crippen molar-refractivity contribution in [3.8, 4) is 5.75 Å². The standard InChI is InChI=1S/C21H25NO2/c1-16(17-7-3-2-4-8-17)14-22-21(23)15-24-20-12-11-18-9-5-6-10-19(18)13-20/h2-4,7-8,11-13,16H,5-6,9-10,14-15H2,1H3,(H,22,23)/t16-/m0/s1. The largest absolute Gasteiger partial charge is 0.484 e. The molecule has 1 aliphatic carbocycles. The highest BCUT2D eigenvalue weighted by molar-refractivity contribution is 5.77. The number of ether oxygens (including phenoxy) is 1. The first kappa shape index (κ1) is 16.6. The number of hydrogen-bond donors (Lipinski definition) is 1. The van der Waals surface area contributed by atoms with Crippen LogP contribution in [0.15, 0.2) is 48.5 Å². The van der Waals surface area contributed by atoms with Crippen LogP contribution in [0.5, 0.6) is 5.75 Å². The van der Waals surface area contributed by atoms with Crippen molar-refractivity contribution < 1.29 is 9.53 Å². The second kappa shape index (κ2) is 8.00. The van der Waals surface area contributed by atoms with Gasteiger partial charge < -0.3 is 10.1 Å². The van der Waals surface area contributed by atoms with Crippen LogP contribution in [0.2, 0.25) is 0 Å². The first-order valence-electron chi connectivity index (χ1n) is 8.78.